The topological polar surface area (TPSA) is 65.8 Å². The minimum absolute atomic E-state index is 0.446. The fourth-order valence-electron chi connectivity index (χ4n) is 3.41. The average Bonchev–Trinajstić information content (AvgIpc) is 3.33. The van der Waals surface area contributed by atoms with E-state index in [1.54, 1.807) is 6.92 Å². The average molecular weight is 361 g/mol. The summed E-state index contributed by atoms with van der Waals surface area (Å²) < 4.78 is 5.98. The standard InChI is InChI=1S/C23H24N2O2/c1-16(26)17-6-8-18(9-7-17)23-11-10-20(27-23)15-24-13-12-19-14-25-22-5-3-2-4-21(19)22/h2-11,14,16,24-26H,12-13,15H2,1H3/p+1/t16-/m0/s1. The number of aliphatic hydroxyl groups excluding tert-OH is 1. The van der Waals surface area contributed by atoms with Crippen LogP contribution < -0.4 is 5.32 Å². The van der Waals surface area contributed by atoms with Gasteiger partial charge in [0, 0.05) is 29.1 Å². The molecule has 0 aliphatic heterocycles. The predicted molar refractivity (Wildman–Crippen MR) is 107 cm³/mol. The molecule has 4 nitrogen and oxygen atoms in total. The van der Waals surface area contributed by atoms with Gasteiger partial charge in [0.15, 0.2) is 5.76 Å². The van der Waals surface area contributed by atoms with E-state index >= 15 is 0 Å². The normalized spacial score (nSPS) is 12.5. The summed E-state index contributed by atoms with van der Waals surface area (Å²) in [6, 6.07) is 20.3. The molecule has 0 amide bonds. The summed E-state index contributed by atoms with van der Waals surface area (Å²) in [7, 11) is 0. The Kier molecular flexibility index (Phi) is 5.10. The third kappa shape index (κ3) is 3.97. The fraction of sp³-hybridized carbons (Fsp3) is 0.217. The van der Waals surface area contributed by atoms with E-state index in [9.17, 15) is 5.11 Å². The van der Waals surface area contributed by atoms with Crippen molar-refractivity contribution in [2.24, 2.45) is 0 Å². The first-order valence-corrected chi connectivity index (χ1v) is 9.44. The second-order valence-electron chi connectivity index (χ2n) is 6.95. The zero-order valence-electron chi connectivity index (χ0n) is 15.5. The van der Waals surface area contributed by atoms with E-state index in [1.165, 1.54) is 16.5 Å². The van der Waals surface area contributed by atoms with Crippen LogP contribution in [0, 0.1) is 0 Å². The molecule has 0 saturated heterocycles. The molecule has 4 N–H and O–H groups in total. The van der Waals surface area contributed by atoms with Crippen molar-refractivity contribution in [1.29, 1.82) is 0 Å². The van der Waals surface area contributed by atoms with Gasteiger partial charge in [0.1, 0.15) is 12.3 Å². The van der Waals surface area contributed by atoms with Crippen LogP contribution in [-0.2, 0) is 13.0 Å². The van der Waals surface area contributed by atoms with Crippen LogP contribution in [0.2, 0.25) is 0 Å². The van der Waals surface area contributed by atoms with Gasteiger partial charge in [0.05, 0.1) is 12.6 Å². The van der Waals surface area contributed by atoms with Crippen molar-refractivity contribution in [3.8, 4) is 11.3 Å². The van der Waals surface area contributed by atoms with E-state index in [0.717, 1.165) is 42.2 Å². The Morgan fingerprint density at radius 3 is 2.67 bits per heavy atom. The van der Waals surface area contributed by atoms with E-state index in [0.29, 0.717) is 0 Å². The molecular formula is C23H25N2O2+. The van der Waals surface area contributed by atoms with Crippen molar-refractivity contribution in [2.45, 2.75) is 26.0 Å². The molecule has 0 radical (unpaired) electrons. The molecule has 0 spiro atoms. The number of hydrogen-bond donors (Lipinski definition) is 3. The molecule has 0 unspecified atom stereocenters. The molecule has 0 aliphatic carbocycles. The van der Waals surface area contributed by atoms with Gasteiger partial charge >= 0.3 is 0 Å². The molecule has 0 aliphatic rings. The van der Waals surface area contributed by atoms with Gasteiger partial charge in [-0.15, -0.1) is 0 Å². The van der Waals surface area contributed by atoms with Crippen LogP contribution in [0.25, 0.3) is 22.2 Å². The van der Waals surface area contributed by atoms with Gasteiger partial charge < -0.3 is 19.8 Å². The first-order chi connectivity index (χ1) is 13.2. The molecule has 27 heavy (non-hydrogen) atoms. The number of fused-ring (bicyclic) bond motifs is 1. The van der Waals surface area contributed by atoms with Crippen LogP contribution in [0.3, 0.4) is 0 Å². The summed E-state index contributed by atoms with van der Waals surface area (Å²) >= 11 is 0. The van der Waals surface area contributed by atoms with Crippen LogP contribution in [0.15, 0.2) is 71.3 Å². The van der Waals surface area contributed by atoms with Crippen LogP contribution in [0.1, 0.15) is 29.9 Å². The van der Waals surface area contributed by atoms with Gasteiger partial charge in [-0.2, -0.15) is 0 Å². The number of quaternary nitrogens is 1. The lowest BCUT2D eigenvalue weighted by molar-refractivity contribution is -0.671. The van der Waals surface area contributed by atoms with Crippen molar-refractivity contribution in [3.05, 3.63) is 83.7 Å². The number of para-hydroxylation sites is 1. The minimum Gasteiger partial charge on any atom is -0.455 e. The number of H-pyrrole nitrogens is 1. The van der Waals surface area contributed by atoms with E-state index < -0.39 is 6.10 Å². The molecule has 2 aromatic carbocycles. The molecule has 1 atom stereocenters. The lowest BCUT2D eigenvalue weighted by Crippen LogP contribution is -2.83. The van der Waals surface area contributed by atoms with Crippen molar-refractivity contribution < 1.29 is 14.8 Å². The van der Waals surface area contributed by atoms with Gasteiger partial charge in [-0.1, -0.05) is 42.5 Å². The van der Waals surface area contributed by atoms with Crippen LogP contribution in [0.5, 0.6) is 0 Å². The maximum Gasteiger partial charge on any atom is 0.158 e. The van der Waals surface area contributed by atoms with Crippen molar-refractivity contribution in [3.63, 3.8) is 0 Å². The lowest BCUT2D eigenvalue weighted by Gasteiger charge is -2.04. The number of aromatic amines is 1. The number of rotatable bonds is 7. The summed E-state index contributed by atoms with van der Waals surface area (Å²) in [6.07, 6.45) is 2.69. The Bertz CT molecular complexity index is 1010. The van der Waals surface area contributed by atoms with Gasteiger partial charge in [-0.3, -0.25) is 0 Å². The van der Waals surface area contributed by atoms with Crippen LogP contribution in [-0.4, -0.2) is 16.6 Å². The van der Waals surface area contributed by atoms with Gasteiger partial charge in [0.25, 0.3) is 0 Å². The third-order valence-electron chi connectivity index (χ3n) is 4.98. The van der Waals surface area contributed by atoms with E-state index in [-0.39, 0.29) is 0 Å². The Hall–Kier alpha value is -2.82. The highest BCUT2D eigenvalue weighted by Gasteiger charge is 2.08. The van der Waals surface area contributed by atoms with Crippen LogP contribution >= 0.6 is 0 Å². The quantitative estimate of drug-likeness (QED) is 0.439. The van der Waals surface area contributed by atoms with Crippen molar-refractivity contribution in [2.75, 3.05) is 6.54 Å². The monoisotopic (exact) mass is 361 g/mol. The number of aliphatic hydroxyl groups is 1. The Morgan fingerprint density at radius 1 is 1.04 bits per heavy atom. The predicted octanol–water partition coefficient (Wildman–Crippen LogP) is 3.79. The maximum atomic E-state index is 9.61. The zero-order chi connectivity index (χ0) is 18.6. The number of nitrogens with two attached hydrogens (primary N) is 1. The first kappa shape index (κ1) is 17.6. The number of hydrogen-bond acceptors (Lipinski definition) is 2. The molecule has 2 heterocycles. The Balaban J connectivity index is 1.32. The Morgan fingerprint density at radius 2 is 1.85 bits per heavy atom. The SMILES string of the molecule is C[C@H](O)c1ccc(-c2ccc(C[NH2+]CCc3c[nH]c4ccccc34)o2)cc1. The fourth-order valence-corrected chi connectivity index (χ4v) is 3.41. The van der Waals surface area contributed by atoms with Crippen LogP contribution in [0.4, 0.5) is 0 Å². The van der Waals surface area contributed by atoms with E-state index in [2.05, 4.69) is 40.8 Å². The van der Waals surface area contributed by atoms with Crippen molar-refractivity contribution >= 4 is 10.9 Å². The molecule has 138 valence electrons. The number of furan rings is 1. The van der Waals surface area contributed by atoms with Gasteiger partial charge in [-0.25, -0.2) is 0 Å². The molecular weight excluding hydrogens is 336 g/mol. The summed E-state index contributed by atoms with van der Waals surface area (Å²) in [5.41, 5.74) is 4.51. The molecule has 4 rings (SSSR count). The third-order valence-corrected chi connectivity index (χ3v) is 4.98. The lowest BCUT2D eigenvalue weighted by atomic mass is 10.1. The molecule has 0 bridgehead atoms. The molecule has 0 fully saturated rings. The van der Waals surface area contributed by atoms with Gasteiger partial charge in [0.2, 0.25) is 0 Å². The highest BCUT2D eigenvalue weighted by Crippen LogP contribution is 2.24. The number of benzene rings is 2. The summed E-state index contributed by atoms with van der Waals surface area (Å²) in [4.78, 5) is 3.33. The molecule has 2 aromatic heterocycles. The summed E-state index contributed by atoms with van der Waals surface area (Å²) in [5.74, 6) is 1.84. The van der Waals surface area contributed by atoms with Crippen molar-refractivity contribution in [1.82, 2.24) is 4.98 Å². The second kappa shape index (κ2) is 7.82. The highest BCUT2D eigenvalue weighted by molar-refractivity contribution is 5.83. The van der Waals surface area contributed by atoms with E-state index in [1.807, 2.05) is 36.4 Å². The highest BCUT2D eigenvalue weighted by atomic mass is 16.3. The molecule has 0 saturated carbocycles. The maximum absolute atomic E-state index is 9.61. The molecule has 4 heteroatoms. The molecule has 4 aromatic rings. The number of nitrogens with one attached hydrogen (secondary N) is 1. The van der Waals surface area contributed by atoms with Gasteiger partial charge in [-0.05, 0) is 36.2 Å². The summed E-state index contributed by atoms with van der Waals surface area (Å²) in [6.45, 7) is 3.61. The smallest absolute Gasteiger partial charge is 0.158 e. The second-order valence-corrected chi connectivity index (χ2v) is 6.95. The Labute approximate surface area is 158 Å². The van der Waals surface area contributed by atoms with E-state index in [4.69, 9.17) is 4.42 Å². The first-order valence-electron chi connectivity index (χ1n) is 9.44. The summed E-state index contributed by atoms with van der Waals surface area (Å²) in [5, 5.41) is 13.2. The largest absolute Gasteiger partial charge is 0.455 e. The zero-order valence-corrected chi connectivity index (χ0v) is 15.5. The minimum atomic E-state index is -0.446. The number of aromatic nitrogens is 1.